The van der Waals surface area contributed by atoms with E-state index in [1.165, 1.54) is 7.11 Å². The summed E-state index contributed by atoms with van der Waals surface area (Å²) in [5.74, 6) is -0.492. The number of fused-ring (bicyclic) bond motifs is 1. The summed E-state index contributed by atoms with van der Waals surface area (Å²) in [5.41, 5.74) is 0.343. The first kappa shape index (κ1) is 26.9. The fraction of sp³-hybridized carbons (Fsp3) is 0.345. The van der Waals surface area contributed by atoms with Gasteiger partial charge in [-0.1, -0.05) is 42.5 Å². The predicted octanol–water partition coefficient (Wildman–Crippen LogP) is 4.47. The van der Waals surface area contributed by atoms with Crippen LogP contribution in [0.1, 0.15) is 41.5 Å². The number of carbonyl (C=O) groups is 3. The van der Waals surface area contributed by atoms with Crippen molar-refractivity contribution in [2.75, 3.05) is 38.7 Å². The van der Waals surface area contributed by atoms with Crippen molar-refractivity contribution in [1.82, 2.24) is 10.2 Å². The van der Waals surface area contributed by atoms with Gasteiger partial charge in [0.05, 0.1) is 32.1 Å². The number of carbonyl (C=O) groups excluding carboxylic acids is 3. The minimum atomic E-state index is -0.641. The Bertz CT molecular complexity index is 1330. The molecule has 3 aromatic carbocycles. The second kappa shape index (κ2) is 11.5. The normalized spacial score (nSPS) is 15.6. The third-order valence-corrected chi connectivity index (χ3v) is 6.11. The van der Waals surface area contributed by atoms with Crippen LogP contribution in [0.4, 0.5) is 10.5 Å². The number of anilines is 1. The molecule has 0 bridgehead atoms. The lowest BCUT2D eigenvalue weighted by atomic mass is 10.0. The minimum absolute atomic E-state index is 0.132. The number of benzene rings is 3. The maximum Gasteiger partial charge on any atom is 0.410 e. The molecule has 0 radical (unpaired) electrons. The summed E-state index contributed by atoms with van der Waals surface area (Å²) in [6.45, 7) is 6.55. The molecule has 3 amide bonds. The van der Waals surface area contributed by atoms with Gasteiger partial charge in [0.1, 0.15) is 16.9 Å². The van der Waals surface area contributed by atoms with Crippen molar-refractivity contribution in [3.05, 3.63) is 71.8 Å². The fourth-order valence-corrected chi connectivity index (χ4v) is 4.34. The highest BCUT2D eigenvalue weighted by Crippen LogP contribution is 2.28. The van der Waals surface area contributed by atoms with Crippen LogP contribution in [0.5, 0.6) is 5.75 Å². The van der Waals surface area contributed by atoms with E-state index in [2.05, 4.69) is 10.6 Å². The van der Waals surface area contributed by atoms with Gasteiger partial charge in [0, 0.05) is 18.7 Å². The monoisotopic (exact) mass is 519 g/mol. The van der Waals surface area contributed by atoms with E-state index in [9.17, 15) is 14.4 Å². The van der Waals surface area contributed by atoms with Crippen LogP contribution >= 0.6 is 0 Å². The van der Waals surface area contributed by atoms with Crippen molar-refractivity contribution in [1.29, 1.82) is 0 Å². The maximum atomic E-state index is 13.4. The first-order valence-electron chi connectivity index (χ1n) is 12.5. The summed E-state index contributed by atoms with van der Waals surface area (Å²) >= 11 is 0. The molecule has 1 fully saturated rings. The first-order chi connectivity index (χ1) is 18.2. The molecular formula is C29H33N3O6. The largest absolute Gasteiger partial charge is 0.496 e. The summed E-state index contributed by atoms with van der Waals surface area (Å²) in [6, 6.07) is 17.7. The smallest absolute Gasteiger partial charge is 0.410 e. The fourth-order valence-electron chi connectivity index (χ4n) is 4.34. The lowest BCUT2D eigenvalue weighted by Gasteiger charge is -2.36. The molecule has 2 N–H and O–H groups in total. The van der Waals surface area contributed by atoms with Gasteiger partial charge < -0.3 is 24.8 Å². The molecule has 1 atom stereocenters. The van der Waals surface area contributed by atoms with E-state index < -0.39 is 23.6 Å². The zero-order valence-electron chi connectivity index (χ0n) is 22.1. The van der Waals surface area contributed by atoms with Crippen molar-refractivity contribution < 1.29 is 28.6 Å². The molecular weight excluding hydrogens is 486 g/mol. The Balaban J connectivity index is 1.53. The summed E-state index contributed by atoms with van der Waals surface area (Å²) in [4.78, 5) is 41.0. The number of rotatable bonds is 6. The summed E-state index contributed by atoms with van der Waals surface area (Å²) in [6.07, 6.45) is -0.458. The standard InChI is InChI=1S/C29H33N3O6/c1-29(2,3)38-28(35)32-15-16-37-18-20(32)17-30-27(34)25-23(13-8-14-24(25)36-4)31-26(33)22-12-7-10-19-9-5-6-11-21(19)22/h5-14,20H,15-18H2,1-4H3,(H,30,34)(H,31,33). The number of amides is 3. The molecule has 4 rings (SSSR count). The van der Waals surface area contributed by atoms with Gasteiger partial charge in [-0.3, -0.25) is 14.5 Å². The molecule has 1 saturated heterocycles. The second-order valence-electron chi connectivity index (χ2n) is 9.98. The SMILES string of the molecule is COc1cccc(NC(=O)c2cccc3ccccc23)c1C(=O)NCC1COCCN1C(=O)OC(C)(C)C. The Morgan fingerprint density at radius 3 is 2.50 bits per heavy atom. The van der Waals surface area contributed by atoms with E-state index in [0.717, 1.165) is 10.8 Å². The Morgan fingerprint density at radius 1 is 1.00 bits per heavy atom. The van der Waals surface area contributed by atoms with Gasteiger partial charge in [-0.15, -0.1) is 0 Å². The lowest BCUT2D eigenvalue weighted by Crippen LogP contribution is -2.54. The van der Waals surface area contributed by atoms with Gasteiger partial charge in [-0.2, -0.15) is 0 Å². The quantitative estimate of drug-likeness (QED) is 0.498. The van der Waals surface area contributed by atoms with E-state index in [1.807, 2.05) is 36.4 Å². The summed E-state index contributed by atoms with van der Waals surface area (Å²) in [7, 11) is 1.46. The van der Waals surface area contributed by atoms with Crippen LogP contribution in [-0.2, 0) is 9.47 Å². The molecule has 1 aliphatic rings. The lowest BCUT2D eigenvalue weighted by molar-refractivity contribution is -0.0314. The van der Waals surface area contributed by atoms with Crippen LogP contribution in [0.2, 0.25) is 0 Å². The topological polar surface area (TPSA) is 106 Å². The van der Waals surface area contributed by atoms with Crippen LogP contribution < -0.4 is 15.4 Å². The zero-order valence-corrected chi connectivity index (χ0v) is 22.1. The predicted molar refractivity (Wildman–Crippen MR) is 145 cm³/mol. The number of hydrogen-bond donors (Lipinski definition) is 2. The highest BCUT2D eigenvalue weighted by Gasteiger charge is 2.32. The molecule has 0 aromatic heterocycles. The average Bonchev–Trinajstić information content (AvgIpc) is 2.90. The zero-order chi connectivity index (χ0) is 27.3. The number of nitrogens with one attached hydrogen (secondary N) is 2. The van der Waals surface area contributed by atoms with Gasteiger partial charge in [0.25, 0.3) is 11.8 Å². The van der Waals surface area contributed by atoms with Gasteiger partial charge in [0.2, 0.25) is 0 Å². The van der Waals surface area contributed by atoms with E-state index in [0.29, 0.717) is 30.2 Å². The van der Waals surface area contributed by atoms with Gasteiger partial charge in [-0.05, 0) is 49.7 Å². The molecule has 0 saturated carbocycles. The Labute approximate surface area is 222 Å². The Morgan fingerprint density at radius 2 is 1.74 bits per heavy atom. The van der Waals surface area contributed by atoms with Crippen molar-refractivity contribution >= 4 is 34.4 Å². The molecule has 0 aliphatic carbocycles. The van der Waals surface area contributed by atoms with Crippen LogP contribution in [0, 0.1) is 0 Å². The minimum Gasteiger partial charge on any atom is -0.496 e. The van der Waals surface area contributed by atoms with Crippen molar-refractivity contribution in [3.63, 3.8) is 0 Å². The van der Waals surface area contributed by atoms with Crippen LogP contribution in [0.25, 0.3) is 10.8 Å². The van der Waals surface area contributed by atoms with Gasteiger partial charge in [0.15, 0.2) is 0 Å². The van der Waals surface area contributed by atoms with Crippen molar-refractivity contribution in [2.24, 2.45) is 0 Å². The van der Waals surface area contributed by atoms with Gasteiger partial charge in [-0.25, -0.2) is 4.79 Å². The van der Waals surface area contributed by atoms with Crippen LogP contribution in [-0.4, -0.2) is 67.9 Å². The third kappa shape index (κ3) is 6.23. The number of hydrogen-bond acceptors (Lipinski definition) is 6. The highest BCUT2D eigenvalue weighted by molar-refractivity contribution is 6.15. The first-order valence-corrected chi connectivity index (χ1v) is 12.5. The molecule has 1 unspecified atom stereocenters. The Kier molecular flexibility index (Phi) is 8.16. The molecule has 38 heavy (non-hydrogen) atoms. The van der Waals surface area contributed by atoms with E-state index in [4.69, 9.17) is 14.2 Å². The van der Waals surface area contributed by atoms with Gasteiger partial charge >= 0.3 is 6.09 Å². The van der Waals surface area contributed by atoms with Crippen molar-refractivity contribution in [3.8, 4) is 5.75 Å². The molecule has 200 valence electrons. The van der Waals surface area contributed by atoms with Crippen LogP contribution in [0.3, 0.4) is 0 Å². The third-order valence-electron chi connectivity index (χ3n) is 6.11. The molecule has 1 heterocycles. The second-order valence-corrected chi connectivity index (χ2v) is 9.98. The van der Waals surface area contributed by atoms with E-state index >= 15 is 0 Å². The van der Waals surface area contributed by atoms with Crippen LogP contribution in [0.15, 0.2) is 60.7 Å². The number of methoxy groups -OCH3 is 1. The highest BCUT2D eigenvalue weighted by atomic mass is 16.6. The number of morpholine rings is 1. The summed E-state index contributed by atoms with van der Waals surface area (Å²) < 4.78 is 16.5. The molecule has 9 nitrogen and oxygen atoms in total. The molecule has 1 aliphatic heterocycles. The molecule has 9 heteroatoms. The maximum absolute atomic E-state index is 13.4. The number of nitrogens with zero attached hydrogens (tertiary/aromatic N) is 1. The Hall–Kier alpha value is -4.11. The van der Waals surface area contributed by atoms with Crippen molar-refractivity contribution in [2.45, 2.75) is 32.4 Å². The van der Waals surface area contributed by atoms with E-state index in [1.54, 1.807) is 49.9 Å². The molecule has 0 spiro atoms. The summed E-state index contributed by atoms with van der Waals surface area (Å²) in [5, 5.41) is 7.50. The number of ether oxygens (including phenoxy) is 3. The molecule has 3 aromatic rings. The average molecular weight is 520 g/mol. The van der Waals surface area contributed by atoms with E-state index in [-0.39, 0.29) is 24.6 Å².